The average molecular weight is 298 g/mol. The van der Waals surface area contributed by atoms with E-state index in [-0.39, 0.29) is 0 Å². The van der Waals surface area contributed by atoms with Gasteiger partial charge in [-0.25, -0.2) is 4.98 Å². The number of benzene rings is 1. The van der Waals surface area contributed by atoms with E-state index in [1.807, 2.05) is 12.3 Å². The first-order chi connectivity index (χ1) is 10.6. The Kier molecular flexibility index (Phi) is 5.75. The Morgan fingerprint density at radius 1 is 1.23 bits per heavy atom. The predicted molar refractivity (Wildman–Crippen MR) is 93.8 cm³/mol. The number of nitrogens with one attached hydrogen (secondary N) is 1. The molecule has 0 spiro atoms. The van der Waals surface area contributed by atoms with Crippen LogP contribution in [0.2, 0.25) is 0 Å². The van der Waals surface area contributed by atoms with Crippen molar-refractivity contribution in [3.05, 3.63) is 42.1 Å². The van der Waals surface area contributed by atoms with Crippen LogP contribution in [0.4, 0.5) is 17.5 Å². The molecular weight excluding hydrogens is 272 g/mol. The standard InChI is InChI=1S/C18H26N4/c1-5-22(16-8-6-7-15(4)13-16)18-20-12-10-17(21-18)19-11-9-14(2)3/h6-8,10,12-14H,5,9,11H2,1-4H3,(H,19,20,21). The largest absolute Gasteiger partial charge is 0.370 e. The van der Waals surface area contributed by atoms with Gasteiger partial charge < -0.3 is 10.2 Å². The Balaban J connectivity index is 2.15. The summed E-state index contributed by atoms with van der Waals surface area (Å²) in [6.45, 7) is 10.4. The molecule has 1 N–H and O–H groups in total. The van der Waals surface area contributed by atoms with Gasteiger partial charge in [-0.1, -0.05) is 26.0 Å². The normalized spacial score (nSPS) is 10.8. The van der Waals surface area contributed by atoms with Gasteiger partial charge in [-0.3, -0.25) is 0 Å². The molecule has 0 unspecified atom stereocenters. The zero-order valence-electron chi connectivity index (χ0n) is 14.0. The molecule has 22 heavy (non-hydrogen) atoms. The molecule has 4 heteroatoms. The number of hydrogen-bond acceptors (Lipinski definition) is 4. The van der Waals surface area contributed by atoms with Crippen LogP contribution in [0, 0.1) is 12.8 Å². The number of rotatable bonds is 7. The van der Waals surface area contributed by atoms with Crippen LogP contribution in [0.3, 0.4) is 0 Å². The molecule has 0 atom stereocenters. The van der Waals surface area contributed by atoms with E-state index in [1.165, 1.54) is 5.56 Å². The quantitative estimate of drug-likeness (QED) is 0.822. The van der Waals surface area contributed by atoms with Crippen molar-refractivity contribution >= 4 is 17.5 Å². The summed E-state index contributed by atoms with van der Waals surface area (Å²) in [5, 5.41) is 3.38. The molecule has 0 fully saturated rings. The molecule has 0 saturated carbocycles. The first kappa shape index (κ1) is 16.3. The van der Waals surface area contributed by atoms with E-state index in [0.717, 1.165) is 37.0 Å². The molecule has 0 saturated heterocycles. The van der Waals surface area contributed by atoms with Crippen molar-refractivity contribution in [3.8, 4) is 0 Å². The maximum absolute atomic E-state index is 4.65. The van der Waals surface area contributed by atoms with Crippen LogP contribution in [-0.4, -0.2) is 23.1 Å². The summed E-state index contributed by atoms with van der Waals surface area (Å²) in [4.78, 5) is 11.2. The minimum atomic E-state index is 0.688. The lowest BCUT2D eigenvalue weighted by Crippen LogP contribution is -2.19. The molecule has 1 aromatic carbocycles. The molecule has 4 nitrogen and oxygen atoms in total. The predicted octanol–water partition coefficient (Wildman–Crippen LogP) is 4.40. The second-order valence-electron chi connectivity index (χ2n) is 5.93. The summed E-state index contributed by atoms with van der Waals surface area (Å²) >= 11 is 0. The van der Waals surface area contributed by atoms with E-state index < -0.39 is 0 Å². The zero-order chi connectivity index (χ0) is 15.9. The van der Waals surface area contributed by atoms with Crippen molar-refractivity contribution in [2.75, 3.05) is 23.3 Å². The van der Waals surface area contributed by atoms with E-state index in [2.05, 4.69) is 72.1 Å². The van der Waals surface area contributed by atoms with E-state index in [4.69, 9.17) is 0 Å². The fourth-order valence-corrected chi connectivity index (χ4v) is 2.30. The molecule has 0 bridgehead atoms. The Labute approximate surface area is 133 Å². The summed E-state index contributed by atoms with van der Waals surface area (Å²) in [7, 11) is 0. The van der Waals surface area contributed by atoms with E-state index >= 15 is 0 Å². The second-order valence-corrected chi connectivity index (χ2v) is 5.93. The lowest BCUT2D eigenvalue weighted by molar-refractivity contribution is 0.606. The van der Waals surface area contributed by atoms with Crippen LogP contribution in [-0.2, 0) is 0 Å². The van der Waals surface area contributed by atoms with Gasteiger partial charge in [0, 0.05) is 25.0 Å². The molecule has 118 valence electrons. The minimum absolute atomic E-state index is 0.688. The van der Waals surface area contributed by atoms with Gasteiger partial charge in [-0.15, -0.1) is 0 Å². The molecule has 1 heterocycles. The van der Waals surface area contributed by atoms with E-state index in [0.29, 0.717) is 5.92 Å². The van der Waals surface area contributed by atoms with Gasteiger partial charge in [0.2, 0.25) is 5.95 Å². The molecule has 1 aromatic heterocycles. The van der Waals surface area contributed by atoms with Crippen LogP contribution in [0.1, 0.15) is 32.8 Å². The first-order valence-electron chi connectivity index (χ1n) is 8.01. The van der Waals surface area contributed by atoms with Gasteiger partial charge in [0.15, 0.2) is 0 Å². The SMILES string of the molecule is CCN(c1cccc(C)c1)c1nccc(NCCC(C)C)n1. The zero-order valence-corrected chi connectivity index (χ0v) is 14.0. The molecule has 0 aliphatic heterocycles. The summed E-state index contributed by atoms with van der Waals surface area (Å²) in [6.07, 6.45) is 2.95. The molecule has 0 aliphatic rings. The highest BCUT2D eigenvalue weighted by molar-refractivity contribution is 5.59. The lowest BCUT2D eigenvalue weighted by Gasteiger charge is -2.21. The maximum atomic E-state index is 4.65. The highest BCUT2D eigenvalue weighted by Crippen LogP contribution is 2.23. The fourth-order valence-electron chi connectivity index (χ4n) is 2.30. The third-order valence-corrected chi connectivity index (χ3v) is 3.54. The topological polar surface area (TPSA) is 41.1 Å². The molecule has 2 rings (SSSR count). The molecule has 2 aromatic rings. The molecule has 0 amide bonds. The number of aromatic nitrogens is 2. The highest BCUT2D eigenvalue weighted by Gasteiger charge is 2.11. The van der Waals surface area contributed by atoms with Gasteiger partial charge in [0.25, 0.3) is 0 Å². The Morgan fingerprint density at radius 2 is 2.05 bits per heavy atom. The van der Waals surface area contributed by atoms with Crippen molar-refractivity contribution in [2.24, 2.45) is 5.92 Å². The average Bonchev–Trinajstić information content (AvgIpc) is 2.48. The third kappa shape index (κ3) is 4.45. The first-order valence-corrected chi connectivity index (χ1v) is 8.01. The molecule has 0 radical (unpaired) electrons. The summed E-state index contributed by atoms with van der Waals surface area (Å²) in [5.41, 5.74) is 2.36. The monoisotopic (exact) mass is 298 g/mol. The maximum Gasteiger partial charge on any atom is 0.231 e. The molecular formula is C18H26N4. The van der Waals surface area contributed by atoms with Gasteiger partial charge in [0.1, 0.15) is 5.82 Å². The number of nitrogens with zero attached hydrogens (tertiary/aromatic N) is 3. The van der Waals surface area contributed by atoms with Gasteiger partial charge >= 0.3 is 0 Å². The Bertz CT molecular complexity index is 595. The summed E-state index contributed by atoms with van der Waals surface area (Å²) in [5.74, 6) is 2.31. The molecule has 0 aliphatic carbocycles. The van der Waals surface area contributed by atoms with Crippen LogP contribution in [0.25, 0.3) is 0 Å². The van der Waals surface area contributed by atoms with Gasteiger partial charge in [0.05, 0.1) is 0 Å². The summed E-state index contributed by atoms with van der Waals surface area (Å²) in [6, 6.07) is 10.3. The van der Waals surface area contributed by atoms with Crippen LogP contribution >= 0.6 is 0 Å². The Morgan fingerprint density at radius 3 is 2.73 bits per heavy atom. The second kappa shape index (κ2) is 7.78. The van der Waals surface area contributed by atoms with Gasteiger partial charge in [-0.05, 0) is 49.9 Å². The summed E-state index contributed by atoms with van der Waals surface area (Å²) < 4.78 is 0. The Hall–Kier alpha value is -2.10. The van der Waals surface area contributed by atoms with E-state index in [9.17, 15) is 0 Å². The van der Waals surface area contributed by atoms with E-state index in [1.54, 1.807) is 0 Å². The van der Waals surface area contributed by atoms with Crippen LogP contribution in [0.15, 0.2) is 36.5 Å². The van der Waals surface area contributed by atoms with Crippen molar-refractivity contribution in [2.45, 2.75) is 34.1 Å². The van der Waals surface area contributed by atoms with Crippen molar-refractivity contribution in [1.29, 1.82) is 0 Å². The number of hydrogen-bond donors (Lipinski definition) is 1. The van der Waals surface area contributed by atoms with Crippen LogP contribution in [0.5, 0.6) is 0 Å². The number of anilines is 3. The van der Waals surface area contributed by atoms with Crippen molar-refractivity contribution < 1.29 is 0 Å². The minimum Gasteiger partial charge on any atom is -0.370 e. The smallest absolute Gasteiger partial charge is 0.231 e. The van der Waals surface area contributed by atoms with Gasteiger partial charge in [-0.2, -0.15) is 4.98 Å². The third-order valence-electron chi connectivity index (χ3n) is 3.54. The van der Waals surface area contributed by atoms with Crippen LogP contribution < -0.4 is 10.2 Å². The number of aryl methyl sites for hydroxylation is 1. The highest BCUT2D eigenvalue weighted by atomic mass is 15.3. The lowest BCUT2D eigenvalue weighted by atomic mass is 10.1. The van der Waals surface area contributed by atoms with Crippen molar-refractivity contribution in [1.82, 2.24) is 9.97 Å². The fraction of sp³-hybridized carbons (Fsp3) is 0.444. The van der Waals surface area contributed by atoms with Crippen molar-refractivity contribution in [3.63, 3.8) is 0 Å².